The standard InChI is InChI=1S/C15H13FN2O4/c1-8-2-3-9(6-11(8)16)14(19)18-5-4-12-10(7-18)13(15(20)21)17-22-12/h2-3,6H,4-5,7H2,1H3,(H,20,21). The van der Waals surface area contributed by atoms with E-state index in [2.05, 4.69) is 5.16 Å². The van der Waals surface area contributed by atoms with Gasteiger partial charge in [-0.05, 0) is 24.6 Å². The maximum absolute atomic E-state index is 13.6. The molecule has 7 heteroatoms. The summed E-state index contributed by atoms with van der Waals surface area (Å²) in [6.45, 7) is 2.08. The number of fused-ring (bicyclic) bond motifs is 1. The molecule has 0 fully saturated rings. The average molecular weight is 304 g/mol. The average Bonchev–Trinajstić information content (AvgIpc) is 2.92. The number of carboxylic acids is 1. The topological polar surface area (TPSA) is 83.6 Å². The zero-order valence-corrected chi connectivity index (χ0v) is 11.8. The van der Waals surface area contributed by atoms with Crippen LogP contribution < -0.4 is 0 Å². The summed E-state index contributed by atoms with van der Waals surface area (Å²) in [5.74, 6) is -1.50. The minimum absolute atomic E-state index is 0.0921. The second-order valence-corrected chi connectivity index (χ2v) is 5.18. The molecule has 1 amide bonds. The van der Waals surface area contributed by atoms with Crippen molar-refractivity contribution in [2.45, 2.75) is 19.9 Å². The fourth-order valence-electron chi connectivity index (χ4n) is 2.46. The van der Waals surface area contributed by atoms with E-state index >= 15 is 0 Å². The van der Waals surface area contributed by atoms with Crippen LogP contribution >= 0.6 is 0 Å². The van der Waals surface area contributed by atoms with Crippen LogP contribution in [0.25, 0.3) is 0 Å². The Morgan fingerprint density at radius 1 is 1.41 bits per heavy atom. The van der Waals surface area contributed by atoms with Gasteiger partial charge in [0, 0.05) is 24.1 Å². The van der Waals surface area contributed by atoms with Crippen molar-refractivity contribution >= 4 is 11.9 Å². The summed E-state index contributed by atoms with van der Waals surface area (Å²) in [5.41, 5.74) is 0.923. The first-order valence-corrected chi connectivity index (χ1v) is 6.73. The summed E-state index contributed by atoms with van der Waals surface area (Å²) < 4.78 is 18.6. The summed E-state index contributed by atoms with van der Waals surface area (Å²) in [4.78, 5) is 25.0. The van der Waals surface area contributed by atoms with Crippen molar-refractivity contribution in [3.05, 3.63) is 52.2 Å². The lowest BCUT2D eigenvalue weighted by Crippen LogP contribution is -2.36. The number of halogens is 1. The Labute approximate surface area is 125 Å². The fraction of sp³-hybridized carbons (Fsp3) is 0.267. The molecule has 1 aromatic heterocycles. The van der Waals surface area contributed by atoms with Crippen molar-refractivity contribution in [3.8, 4) is 0 Å². The molecular formula is C15H13FN2O4. The van der Waals surface area contributed by atoms with Crippen LogP contribution in [0, 0.1) is 12.7 Å². The molecule has 0 atom stereocenters. The number of amides is 1. The van der Waals surface area contributed by atoms with E-state index in [0.717, 1.165) is 0 Å². The minimum atomic E-state index is -1.19. The Kier molecular flexibility index (Phi) is 3.40. The molecule has 22 heavy (non-hydrogen) atoms. The maximum Gasteiger partial charge on any atom is 0.358 e. The van der Waals surface area contributed by atoms with Crippen molar-refractivity contribution < 1.29 is 23.6 Å². The normalized spacial score (nSPS) is 13.8. The fourth-order valence-corrected chi connectivity index (χ4v) is 2.46. The summed E-state index contributed by atoms with van der Waals surface area (Å²) in [7, 11) is 0. The van der Waals surface area contributed by atoms with E-state index < -0.39 is 11.8 Å². The van der Waals surface area contributed by atoms with Gasteiger partial charge in [-0.2, -0.15) is 0 Å². The number of carbonyl (C=O) groups is 2. The second kappa shape index (κ2) is 5.25. The van der Waals surface area contributed by atoms with Crippen molar-refractivity contribution in [3.63, 3.8) is 0 Å². The zero-order chi connectivity index (χ0) is 15.9. The highest BCUT2D eigenvalue weighted by molar-refractivity contribution is 5.95. The highest BCUT2D eigenvalue weighted by Gasteiger charge is 2.30. The molecule has 6 nitrogen and oxygen atoms in total. The summed E-state index contributed by atoms with van der Waals surface area (Å²) >= 11 is 0. The van der Waals surface area contributed by atoms with Crippen LogP contribution in [0.1, 0.15) is 37.7 Å². The molecule has 0 radical (unpaired) electrons. The summed E-state index contributed by atoms with van der Waals surface area (Å²) in [6.07, 6.45) is 0.385. The Morgan fingerprint density at radius 3 is 2.86 bits per heavy atom. The van der Waals surface area contributed by atoms with Crippen LogP contribution in [0.2, 0.25) is 0 Å². The van der Waals surface area contributed by atoms with Crippen molar-refractivity contribution in [2.24, 2.45) is 0 Å². The SMILES string of the molecule is Cc1ccc(C(=O)N2CCc3onc(C(=O)O)c3C2)cc1F. The molecule has 2 heterocycles. The lowest BCUT2D eigenvalue weighted by molar-refractivity contribution is 0.0673. The van der Waals surface area contributed by atoms with E-state index in [4.69, 9.17) is 9.63 Å². The van der Waals surface area contributed by atoms with E-state index in [1.54, 1.807) is 19.1 Å². The Hall–Kier alpha value is -2.70. The lowest BCUT2D eigenvalue weighted by Gasteiger charge is -2.26. The molecule has 2 aromatic rings. The number of hydrogen-bond acceptors (Lipinski definition) is 4. The molecule has 0 spiro atoms. The van der Waals surface area contributed by atoms with Gasteiger partial charge in [-0.3, -0.25) is 4.79 Å². The summed E-state index contributed by atoms with van der Waals surface area (Å²) in [6, 6.07) is 4.29. The van der Waals surface area contributed by atoms with Crippen LogP contribution in [-0.2, 0) is 13.0 Å². The molecule has 114 valence electrons. The predicted molar refractivity (Wildman–Crippen MR) is 73.0 cm³/mol. The van der Waals surface area contributed by atoms with Crippen molar-refractivity contribution in [1.29, 1.82) is 0 Å². The van der Waals surface area contributed by atoms with Crippen molar-refractivity contribution in [1.82, 2.24) is 10.1 Å². The molecule has 0 bridgehead atoms. The third-order valence-corrected chi connectivity index (χ3v) is 3.74. The Bertz CT molecular complexity index is 769. The smallest absolute Gasteiger partial charge is 0.358 e. The van der Waals surface area contributed by atoms with Gasteiger partial charge >= 0.3 is 5.97 Å². The van der Waals surface area contributed by atoms with Gasteiger partial charge in [-0.15, -0.1) is 0 Å². The lowest BCUT2D eigenvalue weighted by atomic mass is 10.0. The largest absolute Gasteiger partial charge is 0.476 e. The molecule has 1 N–H and O–H groups in total. The van der Waals surface area contributed by atoms with Gasteiger partial charge in [0.1, 0.15) is 11.6 Å². The van der Waals surface area contributed by atoms with Gasteiger partial charge in [0.2, 0.25) is 0 Å². The van der Waals surface area contributed by atoms with Gasteiger partial charge in [0.15, 0.2) is 5.69 Å². The second-order valence-electron chi connectivity index (χ2n) is 5.18. The predicted octanol–water partition coefficient (Wildman–Crippen LogP) is 2.02. The third kappa shape index (κ3) is 2.34. The van der Waals surface area contributed by atoms with Crippen LogP contribution in [0.3, 0.4) is 0 Å². The molecule has 1 aliphatic rings. The molecule has 0 saturated heterocycles. The molecular weight excluding hydrogens is 291 g/mol. The van der Waals surface area contributed by atoms with E-state index in [9.17, 15) is 14.0 Å². The Balaban J connectivity index is 1.87. The van der Waals surface area contributed by atoms with Gasteiger partial charge in [-0.1, -0.05) is 11.2 Å². The van der Waals surface area contributed by atoms with Crippen molar-refractivity contribution in [2.75, 3.05) is 6.54 Å². The van der Waals surface area contributed by atoms with E-state index in [1.807, 2.05) is 0 Å². The highest BCUT2D eigenvalue weighted by atomic mass is 19.1. The van der Waals surface area contributed by atoms with Crippen LogP contribution in [0.5, 0.6) is 0 Å². The number of hydrogen-bond donors (Lipinski definition) is 1. The van der Waals surface area contributed by atoms with E-state index in [0.29, 0.717) is 29.9 Å². The molecule has 1 aromatic carbocycles. The Morgan fingerprint density at radius 2 is 2.18 bits per heavy atom. The number of aryl methyl sites for hydroxylation is 1. The maximum atomic E-state index is 13.6. The van der Waals surface area contributed by atoms with E-state index in [-0.39, 0.29) is 23.7 Å². The van der Waals surface area contributed by atoms with Crippen LogP contribution in [0.15, 0.2) is 22.7 Å². The van der Waals surface area contributed by atoms with Gasteiger partial charge in [0.05, 0.1) is 6.54 Å². The van der Waals surface area contributed by atoms with E-state index in [1.165, 1.54) is 11.0 Å². The number of aromatic nitrogens is 1. The van der Waals surface area contributed by atoms with Gasteiger partial charge < -0.3 is 14.5 Å². The highest BCUT2D eigenvalue weighted by Crippen LogP contribution is 2.24. The number of carboxylic acid groups (broad SMARTS) is 1. The molecule has 0 unspecified atom stereocenters. The number of nitrogens with zero attached hydrogens (tertiary/aromatic N) is 2. The molecule has 0 saturated carbocycles. The molecule has 3 rings (SSSR count). The van der Waals surface area contributed by atoms with Crippen LogP contribution in [-0.4, -0.2) is 33.6 Å². The quantitative estimate of drug-likeness (QED) is 0.917. The summed E-state index contributed by atoms with van der Waals surface area (Å²) in [5, 5.41) is 12.6. The first-order valence-electron chi connectivity index (χ1n) is 6.73. The number of carbonyl (C=O) groups excluding carboxylic acids is 1. The monoisotopic (exact) mass is 304 g/mol. The van der Waals surface area contributed by atoms with Crippen LogP contribution in [0.4, 0.5) is 4.39 Å². The minimum Gasteiger partial charge on any atom is -0.476 e. The zero-order valence-electron chi connectivity index (χ0n) is 11.8. The molecule has 1 aliphatic heterocycles. The first kappa shape index (κ1) is 14.2. The van der Waals surface area contributed by atoms with Gasteiger partial charge in [-0.25, -0.2) is 9.18 Å². The first-order chi connectivity index (χ1) is 10.5. The third-order valence-electron chi connectivity index (χ3n) is 3.74. The number of aromatic carboxylic acids is 1. The van der Waals surface area contributed by atoms with Gasteiger partial charge in [0.25, 0.3) is 5.91 Å². The number of benzene rings is 1. The number of rotatable bonds is 2. The molecule has 0 aliphatic carbocycles.